The number of benzene rings is 2. The molecule has 0 aliphatic heterocycles. The number of anilines is 1. The van der Waals surface area contributed by atoms with E-state index in [2.05, 4.69) is 10.4 Å². The quantitative estimate of drug-likeness (QED) is 0.759. The molecule has 0 aliphatic rings. The fraction of sp³-hybridized carbons (Fsp3) is 0.200. The molecule has 25 heavy (non-hydrogen) atoms. The van der Waals surface area contributed by atoms with Crippen molar-refractivity contribution in [2.45, 2.75) is 26.9 Å². The summed E-state index contributed by atoms with van der Waals surface area (Å²) in [4.78, 5) is 12.5. The second kappa shape index (κ2) is 7.21. The maximum atomic E-state index is 12.5. The summed E-state index contributed by atoms with van der Waals surface area (Å²) in [6.07, 6.45) is 0.116. The van der Waals surface area contributed by atoms with Crippen LogP contribution in [0.4, 0.5) is 5.69 Å². The van der Waals surface area contributed by atoms with Crippen LogP contribution in [0.25, 0.3) is 5.69 Å². The summed E-state index contributed by atoms with van der Waals surface area (Å²) in [5.74, 6) is 0.535. The van der Waals surface area contributed by atoms with Crippen LogP contribution in [0.1, 0.15) is 30.0 Å². The van der Waals surface area contributed by atoms with Gasteiger partial charge >= 0.3 is 0 Å². The first-order valence-corrected chi connectivity index (χ1v) is 8.23. The molecule has 0 fully saturated rings. The third kappa shape index (κ3) is 4.07. The number of carbonyl (C=O) groups excluding carboxylic acids is 1. The predicted molar refractivity (Wildman–Crippen MR) is 98.5 cm³/mol. The maximum absolute atomic E-state index is 12.5. The first-order chi connectivity index (χ1) is 12.0. The van der Waals surface area contributed by atoms with E-state index in [1.807, 2.05) is 75.4 Å². The predicted octanol–water partition coefficient (Wildman–Crippen LogP) is 4.22. The van der Waals surface area contributed by atoms with Gasteiger partial charge in [-0.1, -0.05) is 18.2 Å². The monoisotopic (exact) mass is 335 g/mol. The van der Waals surface area contributed by atoms with E-state index in [0.29, 0.717) is 11.4 Å². The molecule has 2 aromatic carbocycles. The molecule has 5 heteroatoms. The van der Waals surface area contributed by atoms with Gasteiger partial charge in [0.1, 0.15) is 5.75 Å². The molecule has 0 atom stereocenters. The van der Waals surface area contributed by atoms with Crippen molar-refractivity contribution in [2.24, 2.45) is 0 Å². The second-order valence-corrected chi connectivity index (χ2v) is 6.06. The van der Waals surface area contributed by atoms with E-state index in [9.17, 15) is 4.79 Å². The van der Waals surface area contributed by atoms with Gasteiger partial charge in [0, 0.05) is 11.4 Å². The van der Waals surface area contributed by atoms with Gasteiger partial charge in [0.2, 0.25) is 0 Å². The molecule has 3 aromatic rings. The highest BCUT2D eigenvalue weighted by Crippen LogP contribution is 2.18. The average molecular weight is 335 g/mol. The Bertz CT molecular complexity index is 852. The summed E-state index contributed by atoms with van der Waals surface area (Å²) in [6, 6.07) is 18.8. The molecule has 1 N–H and O–H groups in total. The standard InChI is InChI=1S/C20H21N3O2/c1-14(2)25-18-11-9-16(10-12-18)21-20(24)19-13-15(3)23(22-19)17-7-5-4-6-8-17/h4-14H,1-3H3,(H,21,24). The molecule has 0 spiro atoms. The fourth-order valence-corrected chi connectivity index (χ4v) is 2.50. The van der Waals surface area contributed by atoms with Crippen LogP contribution < -0.4 is 10.1 Å². The molecule has 1 aromatic heterocycles. The highest BCUT2D eigenvalue weighted by atomic mass is 16.5. The van der Waals surface area contributed by atoms with Crippen LogP contribution >= 0.6 is 0 Å². The lowest BCUT2D eigenvalue weighted by Crippen LogP contribution is -2.13. The molecular weight excluding hydrogens is 314 g/mol. The Morgan fingerprint density at radius 3 is 2.40 bits per heavy atom. The zero-order valence-corrected chi connectivity index (χ0v) is 14.6. The molecule has 3 rings (SSSR count). The van der Waals surface area contributed by atoms with Gasteiger partial charge in [0.25, 0.3) is 5.91 Å². The molecule has 0 radical (unpaired) electrons. The SMILES string of the molecule is Cc1cc(C(=O)Nc2ccc(OC(C)C)cc2)nn1-c1ccccc1. The second-order valence-electron chi connectivity index (χ2n) is 6.06. The van der Waals surface area contributed by atoms with Crippen LogP contribution in [-0.2, 0) is 0 Å². The van der Waals surface area contributed by atoms with E-state index < -0.39 is 0 Å². The van der Waals surface area contributed by atoms with Crippen LogP contribution in [0.2, 0.25) is 0 Å². The van der Waals surface area contributed by atoms with Crippen molar-refractivity contribution < 1.29 is 9.53 Å². The molecule has 128 valence electrons. The van der Waals surface area contributed by atoms with Crippen LogP contribution in [0.15, 0.2) is 60.7 Å². The molecule has 5 nitrogen and oxygen atoms in total. The minimum atomic E-state index is -0.240. The first kappa shape index (κ1) is 16.8. The summed E-state index contributed by atoms with van der Waals surface area (Å²) in [7, 11) is 0. The first-order valence-electron chi connectivity index (χ1n) is 8.23. The van der Waals surface area contributed by atoms with Gasteiger partial charge in [0.05, 0.1) is 11.8 Å². The Kier molecular flexibility index (Phi) is 4.84. The summed E-state index contributed by atoms with van der Waals surface area (Å²) >= 11 is 0. The van der Waals surface area contributed by atoms with Crippen molar-refractivity contribution in [1.82, 2.24) is 9.78 Å². The number of ether oxygens (including phenoxy) is 1. The number of amides is 1. The maximum Gasteiger partial charge on any atom is 0.276 e. The molecule has 1 heterocycles. The number of rotatable bonds is 5. The van der Waals surface area contributed by atoms with Crippen LogP contribution in [0.5, 0.6) is 5.75 Å². The summed E-state index contributed by atoms with van der Waals surface area (Å²) in [6.45, 7) is 5.87. The Morgan fingerprint density at radius 2 is 1.76 bits per heavy atom. The van der Waals surface area contributed by atoms with Gasteiger partial charge in [-0.25, -0.2) is 4.68 Å². The van der Waals surface area contributed by atoms with Crippen molar-refractivity contribution >= 4 is 11.6 Å². The highest BCUT2D eigenvalue weighted by molar-refractivity contribution is 6.03. The molecule has 0 aliphatic carbocycles. The number of para-hydroxylation sites is 1. The van der Waals surface area contributed by atoms with E-state index in [-0.39, 0.29) is 12.0 Å². The van der Waals surface area contributed by atoms with Gasteiger partial charge in [-0.3, -0.25) is 4.79 Å². The molecule has 0 bridgehead atoms. The topological polar surface area (TPSA) is 56.1 Å². The van der Waals surface area contributed by atoms with Crippen molar-refractivity contribution in [3.8, 4) is 11.4 Å². The summed E-state index contributed by atoms with van der Waals surface area (Å²) in [5.41, 5.74) is 2.91. The van der Waals surface area contributed by atoms with E-state index in [4.69, 9.17) is 4.74 Å². The molecule has 0 saturated heterocycles. The average Bonchev–Trinajstić information content (AvgIpc) is 2.99. The summed E-state index contributed by atoms with van der Waals surface area (Å²) < 4.78 is 7.36. The van der Waals surface area contributed by atoms with Gasteiger partial charge in [-0.05, 0) is 63.2 Å². The van der Waals surface area contributed by atoms with E-state index >= 15 is 0 Å². The Hall–Kier alpha value is -3.08. The highest BCUT2D eigenvalue weighted by Gasteiger charge is 2.13. The lowest BCUT2D eigenvalue weighted by atomic mass is 10.2. The van der Waals surface area contributed by atoms with E-state index in [0.717, 1.165) is 17.1 Å². The van der Waals surface area contributed by atoms with Crippen molar-refractivity contribution in [2.75, 3.05) is 5.32 Å². The van der Waals surface area contributed by atoms with Crippen LogP contribution in [-0.4, -0.2) is 21.8 Å². The minimum Gasteiger partial charge on any atom is -0.491 e. The smallest absolute Gasteiger partial charge is 0.276 e. The summed E-state index contributed by atoms with van der Waals surface area (Å²) in [5, 5.41) is 7.27. The van der Waals surface area contributed by atoms with Gasteiger partial charge < -0.3 is 10.1 Å². The number of carbonyl (C=O) groups is 1. The molecule has 0 unspecified atom stereocenters. The lowest BCUT2D eigenvalue weighted by molar-refractivity contribution is 0.102. The lowest BCUT2D eigenvalue weighted by Gasteiger charge is -2.10. The Labute approximate surface area is 147 Å². The van der Waals surface area contributed by atoms with E-state index in [1.165, 1.54) is 0 Å². The van der Waals surface area contributed by atoms with Crippen LogP contribution in [0.3, 0.4) is 0 Å². The number of hydrogen-bond acceptors (Lipinski definition) is 3. The van der Waals surface area contributed by atoms with Crippen molar-refractivity contribution in [1.29, 1.82) is 0 Å². The fourth-order valence-electron chi connectivity index (χ4n) is 2.50. The molecule has 0 saturated carbocycles. The van der Waals surface area contributed by atoms with Gasteiger partial charge in [-0.2, -0.15) is 5.10 Å². The Balaban J connectivity index is 1.74. The number of nitrogens with zero attached hydrogens (tertiary/aromatic N) is 2. The largest absolute Gasteiger partial charge is 0.491 e. The third-order valence-electron chi connectivity index (χ3n) is 3.60. The van der Waals surface area contributed by atoms with E-state index in [1.54, 1.807) is 10.7 Å². The number of aryl methyl sites for hydroxylation is 1. The molecule has 1 amide bonds. The normalized spacial score (nSPS) is 10.7. The molecular formula is C20H21N3O2. The number of hydrogen-bond donors (Lipinski definition) is 1. The van der Waals surface area contributed by atoms with Crippen molar-refractivity contribution in [3.05, 3.63) is 72.1 Å². The minimum absolute atomic E-state index is 0.116. The zero-order valence-electron chi connectivity index (χ0n) is 14.6. The van der Waals surface area contributed by atoms with Crippen molar-refractivity contribution in [3.63, 3.8) is 0 Å². The number of nitrogens with one attached hydrogen (secondary N) is 1. The van der Waals surface area contributed by atoms with Crippen LogP contribution in [0, 0.1) is 6.92 Å². The third-order valence-corrected chi connectivity index (χ3v) is 3.60. The zero-order chi connectivity index (χ0) is 17.8. The van der Waals surface area contributed by atoms with Gasteiger partial charge in [0.15, 0.2) is 5.69 Å². The van der Waals surface area contributed by atoms with Gasteiger partial charge in [-0.15, -0.1) is 0 Å². The Morgan fingerprint density at radius 1 is 1.08 bits per heavy atom. The number of aromatic nitrogens is 2.